The molecule has 108 valence electrons. The average molecular weight is 293 g/mol. The van der Waals surface area contributed by atoms with Gasteiger partial charge in [-0.15, -0.1) is 0 Å². The summed E-state index contributed by atoms with van der Waals surface area (Å²) < 4.78 is 5.47. The van der Waals surface area contributed by atoms with Crippen molar-refractivity contribution in [2.45, 2.75) is 5.92 Å². The van der Waals surface area contributed by atoms with E-state index < -0.39 is 10.8 Å². The normalized spacial score (nSPS) is 16.4. The van der Waals surface area contributed by atoms with Gasteiger partial charge < -0.3 is 10.5 Å². The fourth-order valence-electron chi connectivity index (χ4n) is 2.57. The molecule has 0 unspecified atom stereocenters. The molecule has 1 aliphatic heterocycles. The summed E-state index contributed by atoms with van der Waals surface area (Å²) in [4.78, 5) is 10.5. The summed E-state index contributed by atoms with van der Waals surface area (Å²) in [6.07, 6.45) is 0. The molecule has 22 heavy (non-hydrogen) atoms. The molecular formula is C16H11N3O3. The van der Waals surface area contributed by atoms with Crippen molar-refractivity contribution in [2.75, 3.05) is 0 Å². The maximum absolute atomic E-state index is 11.0. The molecule has 0 bridgehead atoms. The zero-order valence-corrected chi connectivity index (χ0v) is 11.4. The van der Waals surface area contributed by atoms with Crippen molar-refractivity contribution < 1.29 is 9.66 Å². The van der Waals surface area contributed by atoms with Gasteiger partial charge in [0.15, 0.2) is 0 Å². The molecule has 0 radical (unpaired) electrons. The van der Waals surface area contributed by atoms with Crippen molar-refractivity contribution in [3.63, 3.8) is 0 Å². The number of nitro benzene ring substituents is 1. The summed E-state index contributed by atoms with van der Waals surface area (Å²) >= 11 is 0. The monoisotopic (exact) mass is 293 g/mol. The Morgan fingerprint density at radius 1 is 1.23 bits per heavy atom. The van der Waals surface area contributed by atoms with E-state index in [2.05, 4.69) is 6.07 Å². The summed E-state index contributed by atoms with van der Waals surface area (Å²) in [5.41, 5.74) is 7.44. The van der Waals surface area contributed by atoms with Crippen molar-refractivity contribution in [3.8, 4) is 11.8 Å². The molecule has 2 aromatic carbocycles. The number of para-hydroxylation sites is 1. The Labute approximate surface area is 126 Å². The second-order valence-electron chi connectivity index (χ2n) is 4.81. The number of rotatable bonds is 2. The smallest absolute Gasteiger partial charge is 0.269 e. The number of hydrogen-bond donors (Lipinski definition) is 1. The van der Waals surface area contributed by atoms with E-state index in [1.807, 2.05) is 12.1 Å². The lowest BCUT2D eigenvalue weighted by molar-refractivity contribution is -0.384. The summed E-state index contributed by atoms with van der Waals surface area (Å²) in [6.45, 7) is 0. The van der Waals surface area contributed by atoms with Gasteiger partial charge in [0, 0.05) is 17.7 Å². The molecule has 1 atom stereocenters. The number of nitrogens with two attached hydrogens (primary N) is 1. The summed E-state index contributed by atoms with van der Waals surface area (Å²) in [5, 5.41) is 20.4. The number of nitrogens with zero attached hydrogens (tertiary/aromatic N) is 2. The van der Waals surface area contributed by atoms with Gasteiger partial charge in [0.25, 0.3) is 5.69 Å². The van der Waals surface area contributed by atoms with Crippen molar-refractivity contribution in [2.24, 2.45) is 5.73 Å². The molecule has 1 heterocycles. The molecule has 6 nitrogen and oxygen atoms in total. The number of hydrogen-bond acceptors (Lipinski definition) is 5. The number of nitro groups is 1. The molecule has 0 amide bonds. The number of nitriles is 1. The van der Waals surface area contributed by atoms with Gasteiger partial charge in [0.2, 0.25) is 5.88 Å². The lowest BCUT2D eigenvalue weighted by Gasteiger charge is -2.26. The van der Waals surface area contributed by atoms with Crippen LogP contribution in [0, 0.1) is 21.4 Å². The van der Waals surface area contributed by atoms with Gasteiger partial charge in [-0.3, -0.25) is 10.1 Å². The summed E-state index contributed by atoms with van der Waals surface area (Å²) in [7, 11) is 0. The minimum Gasteiger partial charge on any atom is -0.440 e. The van der Waals surface area contributed by atoms with Crippen LogP contribution in [0.4, 0.5) is 5.69 Å². The topological polar surface area (TPSA) is 102 Å². The van der Waals surface area contributed by atoms with Gasteiger partial charge in [-0.1, -0.05) is 30.3 Å². The maximum atomic E-state index is 11.0. The average Bonchev–Trinajstić information content (AvgIpc) is 2.53. The highest BCUT2D eigenvalue weighted by Crippen LogP contribution is 2.42. The highest BCUT2D eigenvalue weighted by atomic mass is 16.6. The third-order valence-corrected chi connectivity index (χ3v) is 3.54. The van der Waals surface area contributed by atoms with Crippen molar-refractivity contribution in [1.82, 2.24) is 0 Å². The predicted molar refractivity (Wildman–Crippen MR) is 78.8 cm³/mol. The molecule has 0 aromatic heterocycles. The van der Waals surface area contributed by atoms with Gasteiger partial charge in [-0.2, -0.15) is 5.26 Å². The van der Waals surface area contributed by atoms with Gasteiger partial charge in [-0.25, -0.2) is 0 Å². The van der Waals surface area contributed by atoms with Crippen LogP contribution in [-0.2, 0) is 0 Å². The van der Waals surface area contributed by atoms with Crippen LogP contribution in [0.15, 0.2) is 60.0 Å². The first-order valence-electron chi connectivity index (χ1n) is 6.52. The van der Waals surface area contributed by atoms with Crippen LogP contribution < -0.4 is 10.5 Å². The van der Waals surface area contributed by atoms with E-state index in [1.165, 1.54) is 12.1 Å². The van der Waals surface area contributed by atoms with E-state index in [0.717, 1.165) is 5.56 Å². The Balaban J connectivity index is 2.21. The largest absolute Gasteiger partial charge is 0.440 e. The quantitative estimate of drug-likeness (QED) is 0.677. The lowest BCUT2D eigenvalue weighted by atomic mass is 9.83. The van der Waals surface area contributed by atoms with Crippen LogP contribution in [0.25, 0.3) is 0 Å². The van der Waals surface area contributed by atoms with Crippen LogP contribution in [0.2, 0.25) is 0 Å². The second-order valence-corrected chi connectivity index (χ2v) is 4.81. The third-order valence-electron chi connectivity index (χ3n) is 3.54. The van der Waals surface area contributed by atoms with Crippen LogP contribution >= 0.6 is 0 Å². The molecular weight excluding hydrogens is 282 g/mol. The SMILES string of the molecule is N#CC1=C(N)Oc2ccccc2[C@H]1c1cccc([N+](=O)[O-])c1. The molecule has 0 aliphatic carbocycles. The Morgan fingerprint density at radius 3 is 2.73 bits per heavy atom. The van der Waals surface area contributed by atoms with Crippen LogP contribution in [0.5, 0.6) is 5.75 Å². The zero-order valence-electron chi connectivity index (χ0n) is 11.4. The molecule has 0 saturated carbocycles. The standard InChI is InChI=1S/C16H11N3O3/c17-9-13-15(10-4-3-5-11(8-10)19(20)21)12-6-1-2-7-14(12)22-16(13)18/h1-8,15H,18H2/t15-/m1/s1. The fraction of sp³-hybridized carbons (Fsp3) is 0.0625. The first kappa shape index (κ1) is 13.6. The van der Waals surface area contributed by atoms with E-state index in [1.54, 1.807) is 24.3 Å². The van der Waals surface area contributed by atoms with E-state index >= 15 is 0 Å². The lowest BCUT2D eigenvalue weighted by Crippen LogP contribution is -2.20. The van der Waals surface area contributed by atoms with Crippen molar-refractivity contribution >= 4 is 5.69 Å². The molecule has 0 saturated heterocycles. The predicted octanol–water partition coefficient (Wildman–Crippen LogP) is 2.81. The van der Waals surface area contributed by atoms with Crippen LogP contribution in [0.3, 0.4) is 0 Å². The van der Waals surface area contributed by atoms with Gasteiger partial charge in [0.05, 0.1) is 10.8 Å². The van der Waals surface area contributed by atoms with Crippen molar-refractivity contribution in [1.29, 1.82) is 5.26 Å². The van der Waals surface area contributed by atoms with Crippen LogP contribution in [-0.4, -0.2) is 4.92 Å². The molecule has 0 spiro atoms. The summed E-state index contributed by atoms with van der Waals surface area (Å²) in [5.74, 6) is 0.100. The number of non-ortho nitro benzene ring substituents is 1. The van der Waals surface area contributed by atoms with Crippen molar-refractivity contribution in [3.05, 3.63) is 81.2 Å². The fourth-order valence-corrected chi connectivity index (χ4v) is 2.57. The molecule has 1 aliphatic rings. The minimum atomic E-state index is -0.477. The molecule has 2 N–H and O–H groups in total. The van der Waals surface area contributed by atoms with Gasteiger partial charge in [0.1, 0.15) is 17.4 Å². The van der Waals surface area contributed by atoms with Gasteiger partial charge >= 0.3 is 0 Å². The number of ether oxygens (including phenoxy) is 1. The molecule has 3 rings (SSSR count). The number of fused-ring (bicyclic) bond motifs is 1. The van der Waals surface area contributed by atoms with E-state index in [4.69, 9.17) is 10.5 Å². The maximum Gasteiger partial charge on any atom is 0.269 e. The van der Waals surface area contributed by atoms with E-state index in [-0.39, 0.29) is 17.1 Å². The first-order valence-corrected chi connectivity index (χ1v) is 6.52. The Bertz CT molecular complexity index is 837. The Hall–Kier alpha value is -3.33. The van der Waals surface area contributed by atoms with E-state index in [9.17, 15) is 15.4 Å². The number of allylic oxidation sites excluding steroid dienone is 1. The molecule has 6 heteroatoms. The van der Waals surface area contributed by atoms with Crippen LogP contribution in [0.1, 0.15) is 17.0 Å². The highest BCUT2D eigenvalue weighted by molar-refractivity contribution is 5.56. The first-order chi connectivity index (χ1) is 10.6. The summed E-state index contributed by atoms with van der Waals surface area (Å²) in [6, 6.07) is 15.4. The number of benzene rings is 2. The minimum absolute atomic E-state index is 0.0257. The highest BCUT2D eigenvalue weighted by Gasteiger charge is 2.30. The molecule has 2 aromatic rings. The third kappa shape index (κ3) is 2.15. The zero-order chi connectivity index (χ0) is 15.7. The van der Waals surface area contributed by atoms with E-state index in [0.29, 0.717) is 11.3 Å². The van der Waals surface area contributed by atoms with Gasteiger partial charge in [-0.05, 0) is 11.6 Å². The second kappa shape index (κ2) is 5.22. The Kier molecular flexibility index (Phi) is 3.24. The molecule has 0 fully saturated rings. The Morgan fingerprint density at radius 2 is 2.00 bits per heavy atom.